The maximum absolute atomic E-state index is 12.5. The normalized spacial score (nSPS) is 12.8. The lowest BCUT2D eigenvalue weighted by molar-refractivity contribution is 0.0968. The fourth-order valence-corrected chi connectivity index (χ4v) is 4.59. The van der Waals surface area contributed by atoms with Crippen molar-refractivity contribution < 1.29 is 4.79 Å². The van der Waals surface area contributed by atoms with Crippen LogP contribution in [-0.4, -0.2) is 42.3 Å². The average molecular weight is 521 g/mol. The van der Waals surface area contributed by atoms with Crippen LogP contribution in [0.4, 0.5) is 0 Å². The number of nitrogens with one attached hydrogen (secondary N) is 3. The van der Waals surface area contributed by atoms with Gasteiger partial charge in [-0.3, -0.25) is 24.9 Å². The minimum absolute atomic E-state index is 0.219. The number of rotatable bonds is 5. The number of amides is 1. The van der Waals surface area contributed by atoms with Crippen LogP contribution in [0.5, 0.6) is 0 Å². The maximum Gasteiger partial charge on any atom is 0.256 e. The van der Waals surface area contributed by atoms with E-state index in [9.17, 15) is 4.79 Å². The maximum atomic E-state index is 12.5. The number of imidazole rings is 1. The Morgan fingerprint density at radius 3 is 2.65 bits per heavy atom. The van der Waals surface area contributed by atoms with Gasteiger partial charge in [-0.15, -0.1) is 0 Å². The van der Waals surface area contributed by atoms with Gasteiger partial charge in [-0.2, -0.15) is 5.10 Å². The second-order valence-electron chi connectivity index (χ2n) is 9.12. The van der Waals surface area contributed by atoms with Gasteiger partial charge >= 0.3 is 0 Å². The van der Waals surface area contributed by atoms with Crippen molar-refractivity contribution in [1.29, 1.82) is 0 Å². The molecule has 0 atom stereocenters. The molecule has 4 aromatic heterocycles. The number of fused-ring (bicyclic) bond motifs is 2. The fraction of sp³-hybridized carbons (Fsp3) is 0. The zero-order chi connectivity index (χ0) is 26.9. The van der Waals surface area contributed by atoms with E-state index >= 15 is 0 Å². The number of aliphatic imine (C=N–C) groups is 1. The third-order valence-electron chi connectivity index (χ3n) is 6.59. The van der Waals surface area contributed by atoms with E-state index in [-0.39, 0.29) is 5.91 Å². The molecule has 0 fully saturated rings. The first-order chi connectivity index (χ1) is 19.7. The predicted molar refractivity (Wildman–Crippen MR) is 154 cm³/mol. The summed E-state index contributed by atoms with van der Waals surface area (Å²) >= 11 is 0. The van der Waals surface area contributed by atoms with Crippen molar-refractivity contribution in [2.45, 2.75) is 0 Å². The van der Waals surface area contributed by atoms with Crippen LogP contribution in [0.1, 0.15) is 15.9 Å². The van der Waals surface area contributed by atoms with Crippen molar-refractivity contribution in [3.63, 3.8) is 0 Å². The molecule has 190 valence electrons. The highest BCUT2D eigenvalue weighted by molar-refractivity contribution is 6.00. The first kappa shape index (κ1) is 23.2. The van der Waals surface area contributed by atoms with Gasteiger partial charge in [0.15, 0.2) is 5.82 Å². The molecule has 0 saturated heterocycles. The molecule has 1 aliphatic rings. The van der Waals surface area contributed by atoms with Crippen LogP contribution in [0.3, 0.4) is 0 Å². The minimum atomic E-state index is -0.219. The van der Waals surface area contributed by atoms with Gasteiger partial charge in [0.05, 0.1) is 29.0 Å². The predicted octanol–water partition coefficient (Wildman–Crippen LogP) is 5.46. The van der Waals surface area contributed by atoms with E-state index in [1.54, 1.807) is 49.3 Å². The Morgan fingerprint density at radius 1 is 0.900 bits per heavy atom. The summed E-state index contributed by atoms with van der Waals surface area (Å²) < 4.78 is 0. The third-order valence-corrected chi connectivity index (χ3v) is 6.59. The molecule has 40 heavy (non-hydrogen) atoms. The van der Waals surface area contributed by atoms with Crippen molar-refractivity contribution >= 4 is 39.6 Å². The molecule has 0 unspecified atom stereocenters. The molecule has 9 nitrogen and oxygen atoms in total. The first-order valence-electron chi connectivity index (χ1n) is 12.5. The number of aromatic amines is 2. The number of benzene rings is 2. The molecule has 6 aromatic rings. The zero-order valence-corrected chi connectivity index (χ0v) is 21.0. The number of nitrogens with zero attached hydrogens (tertiary/aromatic N) is 5. The number of carbonyl (C=O) groups excluding carboxylic acids is 1. The molecule has 0 spiro atoms. The largest absolute Gasteiger partial charge is 0.335 e. The molecule has 9 heteroatoms. The Kier molecular flexibility index (Phi) is 5.66. The van der Waals surface area contributed by atoms with Crippen molar-refractivity contribution in [2.24, 2.45) is 4.99 Å². The lowest BCUT2D eigenvalue weighted by Gasteiger charge is -2.02. The van der Waals surface area contributed by atoms with Crippen LogP contribution in [0.2, 0.25) is 0 Å². The SMILES string of the molecule is O=C(NC1=C=CC(c2ccc3[nH]nc(-c4nc5c(-c6ccncc6)cncc5[nH]4)c3c2)=CN=C1)c1ccccc1. The van der Waals surface area contributed by atoms with Gasteiger partial charge in [0.2, 0.25) is 0 Å². The van der Waals surface area contributed by atoms with E-state index in [4.69, 9.17) is 4.98 Å². The molecule has 0 saturated carbocycles. The van der Waals surface area contributed by atoms with Crippen LogP contribution >= 0.6 is 0 Å². The van der Waals surface area contributed by atoms with Crippen LogP contribution in [0.25, 0.3) is 50.2 Å². The van der Waals surface area contributed by atoms with E-state index in [0.717, 1.165) is 44.2 Å². The van der Waals surface area contributed by atoms with Gasteiger partial charge in [-0.1, -0.05) is 30.0 Å². The Hall–Kier alpha value is -5.92. The van der Waals surface area contributed by atoms with Gasteiger partial charge in [0.1, 0.15) is 11.4 Å². The van der Waals surface area contributed by atoms with Gasteiger partial charge in [0.25, 0.3) is 5.91 Å². The van der Waals surface area contributed by atoms with Crippen LogP contribution in [0.15, 0.2) is 114 Å². The average Bonchev–Trinajstić information content (AvgIpc) is 3.56. The van der Waals surface area contributed by atoms with Crippen LogP contribution in [0, 0.1) is 0 Å². The molecule has 1 aliphatic heterocycles. The number of aromatic nitrogens is 6. The highest BCUT2D eigenvalue weighted by atomic mass is 16.1. The summed E-state index contributed by atoms with van der Waals surface area (Å²) in [6.45, 7) is 0. The topological polar surface area (TPSA) is 125 Å². The molecule has 0 radical (unpaired) electrons. The number of hydrogen-bond acceptors (Lipinski definition) is 6. The second kappa shape index (κ2) is 9.75. The van der Waals surface area contributed by atoms with E-state index in [2.05, 4.69) is 41.2 Å². The summed E-state index contributed by atoms with van der Waals surface area (Å²) in [6.07, 6.45) is 12.2. The van der Waals surface area contributed by atoms with Crippen LogP contribution in [-0.2, 0) is 0 Å². The summed E-state index contributed by atoms with van der Waals surface area (Å²) in [6, 6.07) is 18.9. The van der Waals surface area contributed by atoms with Crippen molar-refractivity contribution in [3.8, 4) is 22.6 Å². The molecule has 7 rings (SSSR count). The number of H-pyrrole nitrogens is 2. The molecular weight excluding hydrogens is 500 g/mol. The quantitative estimate of drug-likeness (QED) is 0.261. The standard InChI is InChI=1S/C31H20N8O/c40-31(20-4-2-1-3-5-20)35-23-8-6-22(15-33-16-23)21-7-9-26-24(14-21)29(39-38-26)30-36-27-18-34-17-25(28(27)37-30)19-10-12-32-13-11-19/h1-7,9-18H,(H,35,40)(H,36,37)(H,38,39). The summed E-state index contributed by atoms with van der Waals surface area (Å²) in [5.74, 6) is 0.417. The lowest BCUT2D eigenvalue weighted by Crippen LogP contribution is -2.22. The molecule has 3 N–H and O–H groups in total. The molecule has 5 heterocycles. The first-order valence-corrected chi connectivity index (χ1v) is 12.5. The Bertz CT molecular complexity index is 2030. The smallest absolute Gasteiger partial charge is 0.256 e. The molecule has 0 aliphatic carbocycles. The van der Waals surface area contributed by atoms with Crippen molar-refractivity contribution in [3.05, 3.63) is 120 Å². The summed E-state index contributed by atoms with van der Waals surface area (Å²) in [5, 5.41) is 11.4. The Labute approximate surface area is 227 Å². The second-order valence-corrected chi connectivity index (χ2v) is 9.12. The van der Waals surface area contributed by atoms with Gasteiger partial charge < -0.3 is 10.3 Å². The fourth-order valence-electron chi connectivity index (χ4n) is 4.59. The number of carbonyl (C=O) groups is 1. The number of pyridine rings is 2. The van der Waals surface area contributed by atoms with Gasteiger partial charge in [-0.25, -0.2) is 4.98 Å². The minimum Gasteiger partial charge on any atom is -0.335 e. The summed E-state index contributed by atoms with van der Waals surface area (Å²) in [7, 11) is 0. The highest BCUT2D eigenvalue weighted by Gasteiger charge is 2.16. The summed E-state index contributed by atoms with van der Waals surface area (Å²) in [4.78, 5) is 33.7. The Morgan fingerprint density at radius 2 is 1.77 bits per heavy atom. The molecular formula is C31H20N8O. The number of allylic oxidation sites excluding steroid dienone is 2. The third kappa shape index (κ3) is 4.28. The van der Waals surface area contributed by atoms with E-state index in [1.807, 2.05) is 54.6 Å². The zero-order valence-electron chi connectivity index (χ0n) is 21.0. The van der Waals surface area contributed by atoms with Crippen LogP contribution < -0.4 is 5.32 Å². The van der Waals surface area contributed by atoms with Gasteiger partial charge in [-0.05, 0) is 53.6 Å². The van der Waals surface area contributed by atoms with Crippen molar-refractivity contribution in [1.82, 2.24) is 35.5 Å². The van der Waals surface area contributed by atoms with E-state index in [0.29, 0.717) is 22.8 Å². The molecule has 2 aromatic carbocycles. The van der Waals surface area contributed by atoms with Crippen molar-refractivity contribution in [2.75, 3.05) is 0 Å². The molecule has 1 amide bonds. The summed E-state index contributed by atoms with van der Waals surface area (Å²) in [5.41, 5.74) is 11.0. The van der Waals surface area contributed by atoms with E-state index < -0.39 is 0 Å². The number of hydrogen-bond donors (Lipinski definition) is 3. The van der Waals surface area contributed by atoms with Gasteiger partial charge in [0, 0.05) is 46.9 Å². The van der Waals surface area contributed by atoms with E-state index in [1.165, 1.54) is 0 Å². The Balaban J connectivity index is 1.23. The monoisotopic (exact) mass is 520 g/mol. The highest BCUT2D eigenvalue weighted by Crippen LogP contribution is 2.32. The lowest BCUT2D eigenvalue weighted by atomic mass is 10.0. The molecule has 0 bridgehead atoms.